The lowest BCUT2D eigenvalue weighted by Crippen LogP contribution is -2.29. The van der Waals surface area contributed by atoms with E-state index < -0.39 is 10.0 Å². The topological polar surface area (TPSA) is 49.4 Å². The average Bonchev–Trinajstić information content (AvgIpc) is 2.30. The van der Waals surface area contributed by atoms with Crippen molar-refractivity contribution in [2.75, 3.05) is 32.9 Å². The molecule has 1 aliphatic heterocycles. The molecule has 0 bridgehead atoms. The lowest BCUT2D eigenvalue weighted by atomic mass is 10.1. The van der Waals surface area contributed by atoms with E-state index in [4.69, 9.17) is 0 Å². The Hall–Kier alpha value is -0.130. The molecule has 1 unspecified atom stereocenters. The first-order chi connectivity index (χ1) is 5.47. The third-order valence-corrected chi connectivity index (χ3v) is 2.81. The van der Waals surface area contributed by atoms with Crippen molar-refractivity contribution in [1.29, 1.82) is 0 Å². The van der Waals surface area contributed by atoms with Crippen LogP contribution < -0.4 is 4.72 Å². The van der Waals surface area contributed by atoms with Crippen molar-refractivity contribution < 1.29 is 8.42 Å². The fraction of sp³-hybridized carbons (Fsp3) is 1.00. The van der Waals surface area contributed by atoms with Crippen molar-refractivity contribution in [1.82, 2.24) is 9.62 Å². The number of rotatable bonds is 3. The number of nitrogens with one attached hydrogen (secondary N) is 1. The molecule has 1 atom stereocenters. The number of hydrogen-bond acceptors (Lipinski definition) is 3. The Bertz CT molecular complexity index is 238. The van der Waals surface area contributed by atoms with E-state index in [2.05, 4.69) is 16.7 Å². The van der Waals surface area contributed by atoms with E-state index in [1.807, 2.05) is 0 Å². The van der Waals surface area contributed by atoms with Crippen LogP contribution in [-0.4, -0.2) is 46.3 Å². The van der Waals surface area contributed by atoms with Crippen LogP contribution in [0.2, 0.25) is 0 Å². The van der Waals surface area contributed by atoms with Gasteiger partial charge < -0.3 is 4.90 Å². The molecule has 0 spiro atoms. The summed E-state index contributed by atoms with van der Waals surface area (Å²) < 4.78 is 24.0. The molecule has 0 aliphatic carbocycles. The Morgan fingerprint density at radius 1 is 1.58 bits per heavy atom. The Morgan fingerprint density at radius 3 is 2.67 bits per heavy atom. The first kappa shape index (κ1) is 9.95. The lowest BCUT2D eigenvalue weighted by molar-refractivity contribution is 0.394. The Kier molecular flexibility index (Phi) is 3.09. The molecule has 1 saturated heterocycles. The van der Waals surface area contributed by atoms with E-state index in [-0.39, 0.29) is 0 Å². The van der Waals surface area contributed by atoms with Crippen molar-refractivity contribution in [2.45, 2.75) is 6.42 Å². The van der Waals surface area contributed by atoms with E-state index in [0.29, 0.717) is 12.5 Å². The minimum absolute atomic E-state index is 0.490. The standard InChI is InChI=1S/C7H16N2O2S/c1-9-4-3-7(6-9)5-8-12(2,10)11/h7-8H,3-6H2,1-2H3. The molecule has 0 aromatic heterocycles. The van der Waals surface area contributed by atoms with Gasteiger partial charge in [0.2, 0.25) is 10.0 Å². The van der Waals surface area contributed by atoms with Crippen LogP contribution in [0.5, 0.6) is 0 Å². The number of likely N-dealkylation sites (tertiary alicyclic amines) is 1. The van der Waals surface area contributed by atoms with Gasteiger partial charge in [-0.2, -0.15) is 0 Å². The van der Waals surface area contributed by atoms with Crippen LogP contribution in [0.4, 0.5) is 0 Å². The van der Waals surface area contributed by atoms with Crippen LogP contribution in [0.15, 0.2) is 0 Å². The fourth-order valence-corrected chi connectivity index (χ4v) is 2.00. The van der Waals surface area contributed by atoms with Crippen molar-refractivity contribution in [2.24, 2.45) is 5.92 Å². The second-order valence-corrected chi connectivity index (χ2v) is 5.37. The first-order valence-electron chi connectivity index (χ1n) is 4.10. The van der Waals surface area contributed by atoms with E-state index >= 15 is 0 Å². The van der Waals surface area contributed by atoms with E-state index in [1.165, 1.54) is 6.26 Å². The highest BCUT2D eigenvalue weighted by Crippen LogP contribution is 2.12. The Morgan fingerprint density at radius 2 is 2.25 bits per heavy atom. The average molecular weight is 192 g/mol. The number of hydrogen-bond donors (Lipinski definition) is 1. The molecule has 1 heterocycles. The van der Waals surface area contributed by atoms with Gasteiger partial charge in [0, 0.05) is 13.1 Å². The Labute approximate surface area is 74.0 Å². The molecular weight excluding hydrogens is 176 g/mol. The van der Waals surface area contributed by atoms with Gasteiger partial charge in [0.25, 0.3) is 0 Å². The molecule has 0 amide bonds. The van der Waals surface area contributed by atoms with Gasteiger partial charge in [-0.05, 0) is 25.9 Å². The van der Waals surface area contributed by atoms with Crippen LogP contribution in [0.1, 0.15) is 6.42 Å². The van der Waals surface area contributed by atoms with Gasteiger partial charge in [-0.1, -0.05) is 0 Å². The van der Waals surface area contributed by atoms with Crippen molar-refractivity contribution >= 4 is 10.0 Å². The summed E-state index contributed by atoms with van der Waals surface area (Å²) in [4.78, 5) is 2.22. The van der Waals surface area contributed by atoms with E-state index in [9.17, 15) is 8.42 Å². The second-order valence-electron chi connectivity index (χ2n) is 3.54. The Balaban J connectivity index is 2.25. The largest absolute Gasteiger partial charge is 0.306 e. The maximum atomic E-state index is 10.7. The van der Waals surface area contributed by atoms with Gasteiger partial charge in [0.15, 0.2) is 0 Å². The molecule has 1 aliphatic rings. The maximum Gasteiger partial charge on any atom is 0.208 e. The maximum absolute atomic E-state index is 10.7. The number of nitrogens with zero attached hydrogens (tertiary/aromatic N) is 1. The van der Waals surface area contributed by atoms with Crippen LogP contribution in [0, 0.1) is 5.92 Å². The van der Waals surface area contributed by atoms with Crippen molar-refractivity contribution in [3.05, 3.63) is 0 Å². The molecular formula is C7H16N2O2S. The highest BCUT2D eigenvalue weighted by molar-refractivity contribution is 7.88. The molecule has 0 aromatic carbocycles. The summed E-state index contributed by atoms with van der Waals surface area (Å²) in [5.74, 6) is 0.490. The molecule has 12 heavy (non-hydrogen) atoms. The molecule has 0 saturated carbocycles. The monoisotopic (exact) mass is 192 g/mol. The highest BCUT2D eigenvalue weighted by atomic mass is 32.2. The summed E-state index contributed by atoms with van der Waals surface area (Å²) in [6, 6.07) is 0. The van der Waals surface area contributed by atoms with Crippen LogP contribution in [-0.2, 0) is 10.0 Å². The van der Waals surface area contributed by atoms with Crippen LogP contribution in [0.25, 0.3) is 0 Å². The smallest absolute Gasteiger partial charge is 0.208 e. The fourth-order valence-electron chi connectivity index (χ4n) is 1.46. The van der Waals surface area contributed by atoms with Gasteiger partial charge in [-0.15, -0.1) is 0 Å². The van der Waals surface area contributed by atoms with Crippen molar-refractivity contribution in [3.63, 3.8) is 0 Å². The summed E-state index contributed by atoms with van der Waals surface area (Å²) >= 11 is 0. The molecule has 72 valence electrons. The van der Waals surface area contributed by atoms with Gasteiger partial charge in [-0.3, -0.25) is 0 Å². The van der Waals surface area contributed by atoms with Gasteiger partial charge in [0.1, 0.15) is 0 Å². The minimum Gasteiger partial charge on any atom is -0.306 e. The summed E-state index contributed by atoms with van der Waals surface area (Å²) in [5.41, 5.74) is 0. The zero-order valence-corrected chi connectivity index (χ0v) is 8.39. The highest BCUT2D eigenvalue weighted by Gasteiger charge is 2.19. The molecule has 1 rings (SSSR count). The third-order valence-electron chi connectivity index (χ3n) is 2.12. The second kappa shape index (κ2) is 3.72. The molecule has 0 radical (unpaired) electrons. The summed E-state index contributed by atoms with van der Waals surface area (Å²) in [7, 11) is -0.942. The van der Waals surface area contributed by atoms with Gasteiger partial charge >= 0.3 is 0 Å². The van der Waals surface area contributed by atoms with Crippen LogP contribution in [0.3, 0.4) is 0 Å². The molecule has 4 nitrogen and oxygen atoms in total. The third kappa shape index (κ3) is 3.51. The number of sulfonamides is 1. The predicted molar refractivity (Wildman–Crippen MR) is 48.5 cm³/mol. The quantitative estimate of drug-likeness (QED) is 0.655. The molecule has 0 aromatic rings. The molecule has 5 heteroatoms. The SMILES string of the molecule is CN1CCC(CNS(C)(=O)=O)C1. The summed E-state index contributed by atoms with van der Waals surface area (Å²) in [5, 5.41) is 0. The van der Waals surface area contributed by atoms with Gasteiger partial charge in [-0.25, -0.2) is 13.1 Å². The normalized spacial score (nSPS) is 26.3. The zero-order valence-electron chi connectivity index (χ0n) is 7.58. The molecule has 1 fully saturated rings. The minimum atomic E-state index is -3.00. The van der Waals surface area contributed by atoms with E-state index in [0.717, 1.165) is 19.5 Å². The molecule has 1 N–H and O–H groups in total. The first-order valence-corrected chi connectivity index (χ1v) is 6.00. The van der Waals surface area contributed by atoms with E-state index in [1.54, 1.807) is 0 Å². The van der Waals surface area contributed by atoms with Crippen LogP contribution >= 0.6 is 0 Å². The zero-order chi connectivity index (χ0) is 9.19. The van der Waals surface area contributed by atoms with Crippen molar-refractivity contribution in [3.8, 4) is 0 Å². The van der Waals surface area contributed by atoms with Gasteiger partial charge in [0.05, 0.1) is 6.26 Å². The lowest BCUT2D eigenvalue weighted by Gasteiger charge is -2.09. The summed E-state index contributed by atoms with van der Waals surface area (Å²) in [6.07, 6.45) is 2.30. The summed E-state index contributed by atoms with van der Waals surface area (Å²) in [6.45, 7) is 2.67. The predicted octanol–water partition coefficient (Wildman–Crippen LogP) is -0.513.